The van der Waals surface area contributed by atoms with Crippen LogP contribution in [0.5, 0.6) is 0 Å². The van der Waals surface area contributed by atoms with Crippen molar-refractivity contribution in [2.45, 2.75) is 31.2 Å². The minimum Gasteiger partial charge on any atom is -0.478 e. The molecule has 0 saturated heterocycles. The molecule has 2 aliphatic carbocycles. The number of hydrogen-bond donors (Lipinski definition) is 2. The Morgan fingerprint density at radius 3 is 2.68 bits per heavy atom. The monoisotopic (exact) mass is 353 g/mol. The predicted octanol–water partition coefficient (Wildman–Crippen LogP) is 5.33. The molecule has 5 atom stereocenters. The van der Waals surface area contributed by atoms with Gasteiger partial charge in [-0.1, -0.05) is 29.8 Å². The van der Waals surface area contributed by atoms with E-state index in [1.807, 2.05) is 30.3 Å². The van der Waals surface area contributed by atoms with E-state index < -0.39 is 5.97 Å². The summed E-state index contributed by atoms with van der Waals surface area (Å²) in [6, 6.07) is 13.8. The van der Waals surface area contributed by atoms with Gasteiger partial charge in [-0.05, 0) is 78.3 Å². The fourth-order valence-electron chi connectivity index (χ4n) is 5.66. The first kappa shape index (κ1) is 15.3. The summed E-state index contributed by atoms with van der Waals surface area (Å²) in [7, 11) is 0. The molecule has 2 N–H and O–H groups in total. The number of carboxylic acid groups (broad SMARTS) is 1. The third kappa shape index (κ3) is 2.22. The summed E-state index contributed by atoms with van der Waals surface area (Å²) in [6.07, 6.45) is 3.80. The molecule has 2 fully saturated rings. The molecule has 1 aliphatic heterocycles. The van der Waals surface area contributed by atoms with Crippen molar-refractivity contribution in [1.29, 1.82) is 0 Å². The molecule has 0 radical (unpaired) electrons. The number of halogens is 1. The Kier molecular flexibility index (Phi) is 3.36. The number of nitrogens with one attached hydrogen (secondary N) is 1. The molecule has 0 spiro atoms. The lowest BCUT2D eigenvalue weighted by Crippen LogP contribution is -2.35. The molecule has 25 heavy (non-hydrogen) atoms. The molecule has 0 aromatic heterocycles. The standard InChI is InChI=1S/C21H20ClNO2/c22-16-4-2-1-3-14(16)20-19-12-6-5-11(9-12)18(19)15-10-13(21(24)25)7-8-17(15)23-20/h1-4,7-8,10-12,18-20,23H,5-6,9H2,(H,24,25)/t11-,12+,18-,19+,20-/m1/s1. The normalized spacial score (nSPS) is 32.0. The van der Waals surface area contributed by atoms with Gasteiger partial charge in [0.05, 0.1) is 11.6 Å². The van der Waals surface area contributed by atoms with Crippen molar-refractivity contribution < 1.29 is 9.90 Å². The molecule has 3 aliphatic rings. The molecule has 0 unspecified atom stereocenters. The van der Waals surface area contributed by atoms with Crippen molar-refractivity contribution in [3.05, 3.63) is 64.2 Å². The molecular weight excluding hydrogens is 334 g/mol. The van der Waals surface area contributed by atoms with Gasteiger partial charge >= 0.3 is 5.97 Å². The van der Waals surface area contributed by atoms with Gasteiger partial charge in [0.1, 0.15) is 0 Å². The molecule has 2 aromatic carbocycles. The van der Waals surface area contributed by atoms with Crippen molar-refractivity contribution in [2.75, 3.05) is 5.32 Å². The van der Waals surface area contributed by atoms with E-state index in [2.05, 4.69) is 11.4 Å². The lowest BCUT2D eigenvalue weighted by molar-refractivity contribution is 0.0696. The number of hydrogen-bond acceptors (Lipinski definition) is 2. The van der Waals surface area contributed by atoms with E-state index in [0.717, 1.165) is 10.7 Å². The zero-order valence-corrected chi connectivity index (χ0v) is 14.5. The third-order valence-corrected chi connectivity index (χ3v) is 6.92. The molecular formula is C21H20ClNO2. The topological polar surface area (TPSA) is 49.3 Å². The zero-order chi connectivity index (χ0) is 17.1. The van der Waals surface area contributed by atoms with Crippen LogP contribution < -0.4 is 5.32 Å². The van der Waals surface area contributed by atoms with E-state index >= 15 is 0 Å². The van der Waals surface area contributed by atoms with Crippen LogP contribution in [0.3, 0.4) is 0 Å². The number of rotatable bonds is 2. The van der Waals surface area contributed by atoms with Crippen molar-refractivity contribution in [3.63, 3.8) is 0 Å². The van der Waals surface area contributed by atoms with Gasteiger partial charge in [0.2, 0.25) is 0 Å². The Morgan fingerprint density at radius 2 is 1.88 bits per heavy atom. The van der Waals surface area contributed by atoms with Crippen molar-refractivity contribution in [2.24, 2.45) is 17.8 Å². The largest absolute Gasteiger partial charge is 0.478 e. The van der Waals surface area contributed by atoms with Crippen LogP contribution in [0.4, 0.5) is 5.69 Å². The fraction of sp³-hybridized carbons (Fsp3) is 0.381. The maximum atomic E-state index is 11.4. The Balaban J connectivity index is 1.65. The van der Waals surface area contributed by atoms with Crippen LogP contribution in [-0.4, -0.2) is 11.1 Å². The molecule has 0 amide bonds. The quantitative estimate of drug-likeness (QED) is 0.766. The van der Waals surface area contributed by atoms with Crippen molar-refractivity contribution in [1.82, 2.24) is 0 Å². The van der Waals surface area contributed by atoms with Crippen LogP contribution in [0.15, 0.2) is 42.5 Å². The minimum absolute atomic E-state index is 0.206. The highest BCUT2D eigenvalue weighted by molar-refractivity contribution is 6.31. The first-order valence-corrected chi connectivity index (χ1v) is 9.39. The SMILES string of the molecule is O=C(O)c1ccc2c(c1)[C@H]1[C@@H]3CC[C@@H](C3)[C@@H]1[C@@H](c1ccccc1Cl)N2. The van der Waals surface area contributed by atoms with E-state index in [9.17, 15) is 9.90 Å². The van der Waals surface area contributed by atoms with Crippen LogP contribution in [0.2, 0.25) is 5.02 Å². The Hall–Kier alpha value is -2.00. The molecule has 4 heteroatoms. The van der Waals surface area contributed by atoms with Gasteiger partial charge in [0, 0.05) is 10.7 Å². The van der Waals surface area contributed by atoms with Crippen LogP contribution in [0.1, 0.15) is 52.7 Å². The molecule has 1 heterocycles. The van der Waals surface area contributed by atoms with Gasteiger partial charge < -0.3 is 10.4 Å². The van der Waals surface area contributed by atoms with E-state index in [1.54, 1.807) is 6.07 Å². The molecule has 3 nitrogen and oxygen atoms in total. The first-order valence-electron chi connectivity index (χ1n) is 9.01. The summed E-state index contributed by atoms with van der Waals surface area (Å²) in [5, 5.41) is 13.9. The Labute approximate surface area is 152 Å². The van der Waals surface area contributed by atoms with Crippen LogP contribution in [0, 0.1) is 17.8 Å². The number of fused-ring (bicyclic) bond motifs is 7. The van der Waals surface area contributed by atoms with Gasteiger partial charge in [-0.2, -0.15) is 0 Å². The number of carbonyl (C=O) groups is 1. The molecule has 2 aromatic rings. The van der Waals surface area contributed by atoms with Gasteiger partial charge in [0.25, 0.3) is 0 Å². The summed E-state index contributed by atoms with van der Waals surface area (Å²) < 4.78 is 0. The number of benzene rings is 2. The summed E-state index contributed by atoms with van der Waals surface area (Å²) >= 11 is 6.53. The summed E-state index contributed by atoms with van der Waals surface area (Å²) in [6.45, 7) is 0. The summed E-state index contributed by atoms with van der Waals surface area (Å²) in [5.41, 5.74) is 3.82. The second kappa shape index (κ2) is 5.50. The second-order valence-electron chi connectivity index (χ2n) is 7.69. The molecule has 128 valence electrons. The van der Waals surface area contributed by atoms with E-state index in [1.165, 1.54) is 30.4 Å². The molecule has 5 rings (SSSR count). The number of anilines is 1. The highest BCUT2D eigenvalue weighted by Gasteiger charge is 2.54. The van der Waals surface area contributed by atoms with Crippen LogP contribution in [0.25, 0.3) is 0 Å². The third-order valence-electron chi connectivity index (χ3n) is 6.57. The average molecular weight is 354 g/mol. The fourth-order valence-corrected chi connectivity index (χ4v) is 5.91. The van der Waals surface area contributed by atoms with Crippen molar-refractivity contribution >= 4 is 23.3 Å². The smallest absolute Gasteiger partial charge is 0.335 e. The summed E-state index contributed by atoms with van der Waals surface area (Å²) in [5.74, 6) is 1.46. The highest BCUT2D eigenvalue weighted by Crippen LogP contribution is 2.64. The second-order valence-corrected chi connectivity index (χ2v) is 8.09. The van der Waals surface area contributed by atoms with Crippen LogP contribution >= 0.6 is 11.6 Å². The number of aromatic carboxylic acids is 1. The van der Waals surface area contributed by atoms with Gasteiger partial charge in [0.15, 0.2) is 0 Å². The lowest BCUT2D eigenvalue weighted by Gasteiger charge is -2.43. The Morgan fingerprint density at radius 1 is 1.08 bits per heavy atom. The zero-order valence-electron chi connectivity index (χ0n) is 13.8. The minimum atomic E-state index is -0.851. The van der Waals surface area contributed by atoms with E-state index in [-0.39, 0.29) is 6.04 Å². The van der Waals surface area contributed by atoms with Gasteiger partial charge in [-0.25, -0.2) is 4.79 Å². The lowest BCUT2D eigenvalue weighted by atomic mass is 9.68. The molecule has 2 saturated carbocycles. The van der Waals surface area contributed by atoms with E-state index in [4.69, 9.17) is 11.6 Å². The highest BCUT2D eigenvalue weighted by atomic mass is 35.5. The van der Waals surface area contributed by atoms with Crippen LogP contribution in [-0.2, 0) is 0 Å². The number of carboxylic acids is 1. The Bertz CT molecular complexity index is 865. The molecule has 2 bridgehead atoms. The van der Waals surface area contributed by atoms with Crippen molar-refractivity contribution in [3.8, 4) is 0 Å². The maximum absolute atomic E-state index is 11.4. The van der Waals surface area contributed by atoms with E-state index in [0.29, 0.717) is 29.2 Å². The first-order chi connectivity index (χ1) is 12.1. The predicted molar refractivity (Wildman–Crippen MR) is 98.3 cm³/mol. The van der Waals surface area contributed by atoms with Gasteiger partial charge in [-0.15, -0.1) is 0 Å². The van der Waals surface area contributed by atoms with Gasteiger partial charge in [-0.3, -0.25) is 0 Å². The average Bonchev–Trinajstić information content (AvgIpc) is 3.23. The summed E-state index contributed by atoms with van der Waals surface area (Å²) in [4.78, 5) is 11.4. The maximum Gasteiger partial charge on any atom is 0.335 e.